The van der Waals surface area contributed by atoms with Crippen molar-refractivity contribution in [1.29, 1.82) is 0 Å². The van der Waals surface area contributed by atoms with Crippen molar-refractivity contribution in [3.8, 4) is 11.5 Å². The predicted octanol–water partition coefficient (Wildman–Crippen LogP) is 2.90. The highest BCUT2D eigenvalue weighted by atomic mass is 32.2. The van der Waals surface area contributed by atoms with Crippen LogP contribution in [0.15, 0.2) is 53.4 Å². The molecule has 3 rings (SSSR count). The Bertz CT molecular complexity index is 874. The van der Waals surface area contributed by atoms with E-state index in [1.165, 1.54) is 48.5 Å². The van der Waals surface area contributed by atoms with Gasteiger partial charge in [0.05, 0.1) is 4.90 Å². The van der Waals surface area contributed by atoms with Crippen LogP contribution < -0.4 is 9.46 Å². The predicted molar refractivity (Wildman–Crippen MR) is 87.5 cm³/mol. The second kappa shape index (κ2) is 6.45. The van der Waals surface area contributed by atoms with Crippen LogP contribution in [0.25, 0.3) is 0 Å². The minimum atomic E-state index is -3.96. The monoisotopic (exact) mass is 365 g/mol. The molecule has 0 bridgehead atoms. The summed E-state index contributed by atoms with van der Waals surface area (Å²) in [5.74, 6) is -0.765. The summed E-state index contributed by atoms with van der Waals surface area (Å²) in [5, 5.41) is 9.25. The summed E-state index contributed by atoms with van der Waals surface area (Å²) in [7, 11) is -3.96. The van der Waals surface area contributed by atoms with Crippen molar-refractivity contribution >= 4 is 16.0 Å². The molecule has 1 saturated carbocycles. The zero-order valence-electron chi connectivity index (χ0n) is 13.1. The first-order valence-electron chi connectivity index (χ1n) is 7.62. The summed E-state index contributed by atoms with van der Waals surface area (Å²) >= 11 is 0. The van der Waals surface area contributed by atoms with Gasteiger partial charge in [0, 0.05) is 0 Å². The van der Waals surface area contributed by atoms with Gasteiger partial charge >= 0.3 is 5.97 Å². The Balaban J connectivity index is 1.75. The van der Waals surface area contributed by atoms with Crippen molar-refractivity contribution in [2.45, 2.75) is 29.7 Å². The fourth-order valence-corrected chi connectivity index (χ4v) is 3.95. The van der Waals surface area contributed by atoms with Gasteiger partial charge in [-0.3, -0.25) is 4.79 Å². The molecule has 0 aromatic heterocycles. The number of carbonyl (C=O) groups is 1. The molecule has 0 heterocycles. The number of rotatable bonds is 6. The third-order valence-electron chi connectivity index (χ3n) is 4.13. The molecule has 8 heteroatoms. The molecule has 0 unspecified atom stereocenters. The molecule has 0 spiro atoms. The van der Waals surface area contributed by atoms with E-state index in [2.05, 4.69) is 4.72 Å². The summed E-state index contributed by atoms with van der Waals surface area (Å²) in [5.41, 5.74) is -1.41. The maximum Gasteiger partial charge on any atom is 0.324 e. The molecular formula is C17H16FNO5S. The fourth-order valence-electron chi connectivity index (χ4n) is 2.53. The molecule has 2 aromatic carbocycles. The largest absolute Gasteiger partial charge is 0.480 e. The Labute approximate surface area is 144 Å². The van der Waals surface area contributed by atoms with Crippen LogP contribution in [0.2, 0.25) is 0 Å². The first-order valence-corrected chi connectivity index (χ1v) is 9.10. The van der Waals surface area contributed by atoms with Gasteiger partial charge in [0.2, 0.25) is 10.0 Å². The zero-order valence-corrected chi connectivity index (χ0v) is 13.9. The van der Waals surface area contributed by atoms with Gasteiger partial charge < -0.3 is 9.84 Å². The van der Waals surface area contributed by atoms with Crippen LogP contribution in [-0.4, -0.2) is 25.0 Å². The van der Waals surface area contributed by atoms with E-state index in [1.54, 1.807) is 0 Å². The van der Waals surface area contributed by atoms with Crippen LogP contribution in [0.5, 0.6) is 11.5 Å². The molecular weight excluding hydrogens is 349 g/mol. The molecule has 132 valence electrons. The van der Waals surface area contributed by atoms with Gasteiger partial charge in [-0.25, -0.2) is 12.8 Å². The van der Waals surface area contributed by atoms with E-state index in [0.29, 0.717) is 17.9 Å². The van der Waals surface area contributed by atoms with Gasteiger partial charge in [0.25, 0.3) is 0 Å². The van der Waals surface area contributed by atoms with E-state index in [9.17, 15) is 22.7 Å². The molecule has 0 saturated heterocycles. The van der Waals surface area contributed by atoms with Crippen LogP contribution in [0, 0.1) is 5.82 Å². The lowest BCUT2D eigenvalue weighted by molar-refractivity contribution is -0.147. The van der Waals surface area contributed by atoms with E-state index < -0.39 is 21.5 Å². The van der Waals surface area contributed by atoms with Crippen molar-refractivity contribution in [3.63, 3.8) is 0 Å². The Morgan fingerprint density at radius 1 is 1.04 bits per heavy atom. The number of ether oxygens (including phenoxy) is 1. The lowest BCUT2D eigenvalue weighted by atomic mass is 9.78. The maximum atomic E-state index is 12.9. The minimum Gasteiger partial charge on any atom is -0.480 e. The SMILES string of the molecule is O=C(O)C1(NS(=O)(=O)c2ccc(Oc3ccc(F)cc3)cc2)CCC1. The number of carboxylic acid groups (broad SMARTS) is 1. The second-order valence-corrected chi connectivity index (χ2v) is 7.56. The summed E-state index contributed by atoms with van der Waals surface area (Å²) in [4.78, 5) is 11.3. The standard InChI is InChI=1S/C17H16FNO5S/c18-12-2-4-13(5-3-12)24-14-6-8-15(9-7-14)25(22,23)19-17(16(20)21)10-1-11-17/h2-9,19H,1,10-11H2,(H,20,21). The first-order chi connectivity index (χ1) is 11.8. The number of hydrogen-bond acceptors (Lipinski definition) is 4. The highest BCUT2D eigenvalue weighted by molar-refractivity contribution is 7.89. The van der Waals surface area contributed by atoms with E-state index in [1.807, 2.05) is 0 Å². The lowest BCUT2D eigenvalue weighted by Crippen LogP contribution is -2.58. The topological polar surface area (TPSA) is 92.7 Å². The van der Waals surface area contributed by atoms with Gasteiger partial charge in [-0.2, -0.15) is 4.72 Å². The van der Waals surface area contributed by atoms with Crippen LogP contribution >= 0.6 is 0 Å². The van der Waals surface area contributed by atoms with Crippen molar-refractivity contribution in [2.24, 2.45) is 0 Å². The third kappa shape index (κ3) is 3.64. The summed E-state index contributed by atoms with van der Waals surface area (Å²) in [6.45, 7) is 0. The molecule has 0 radical (unpaired) electrons. The quantitative estimate of drug-likeness (QED) is 0.821. The van der Waals surface area contributed by atoms with E-state index in [0.717, 1.165) is 0 Å². The molecule has 1 fully saturated rings. The Kier molecular flexibility index (Phi) is 4.49. The average molecular weight is 365 g/mol. The molecule has 1 aliphatic carbocycles. The smallest absolute Gasteiger partial charge is 0.324 e. The molecule has 2 N–H and O–H groups in total. The van der Waals surface area contributed by atoms with Crippen LogP contribution in [0.1, 0.15) is 19.3 Å². The van der Waals surface area contributed by atoms with Gasteiger partial charge in [-0.1, -0.05) is 0 Å². The number of carboxylic acids is 1. The Morgan fingerprint density at radius 2 is 1.56 bits per heavy atom. The second-order valence-electron chi connectivity index (χ2n) is 5.87. The molecule has 0 aliphatic heterocycles. The summed E-state index contributed by atoms with van der Waals surface area (Å²) in [6, 6.07) is 11.0. The normalized spacial score (nSPS) is 16.0. The molecule has 6 nitrogen and oxygen atoms in total. The van der Waals surface area contributed by atoms with E-state index >= 15 is 0 Å². The summed E-state index contributed by atoms with van der Waals surface area (Å²) in [6.07, 6.45) is 1.21. The highest BCUT2D eigenvalue weighted by Gasteiger charge is 2.47. The molecule has 25 heavy (non-hydrogen) atoms. The van der Waals surface area contributed by atoms with E-state index in [4.69, 9.17) is 4.74 Å². The minimum absolute atomic E-state index is 0.0496. The van der Waals surface area contributed by atoms with Gasteiger partial charge in [0.15, 0.2) is 0 Å². The third-order valence-corrected chi connectivity index (χ3v) is 5.68. The van der Waals surface area contributed by atoms with E-state index in [-0.39, 0.29) is 23.6 Å². The summed E-state index contributed by atoms with van der Waals surface area (Å²) < 4.78 is 45.4. The molecule has 1 aliphatic rings. The average Bonchev–Trinajstić information content (AvgIpc) is 2.53. The molecule has 2 aromatic rings. The van der Waals surface area contributed by atoms with Crippen molar-refractivity contribution in [1.82, 2.24) is 4.72 Å². The molecule has 0 amide bonds. The van der Waals surface area contributed by atoms with Crippen molar-refractivity contribution in [3.05, 3.63) is 54.3 Å². The Hall–Kier alpha value is -2.45. The molecule has 0 atom stereocenters. The Morgan fingerprint density at radius 3 is 2.00 bits per heavy atom. The van der Waals surface area contributed by atoms with Crippen molar-refractivity contribution < 1.29 is 27.4 Å². The maximum absolute atomic E-state index is 12.9. The first kappa shape index (κ1) is 17.4. The number of nitrogens with one attached hydrogen (secondary N) is 1. The number of sulfonamides is 1. The van der Waals surface area contributed by atoms with Crippen LogP contribution in [0.3, 0.4) is 0 Å². The van der Waals surface area contributed by atoms with Gasteiger partial charge in [-0.05, 0) is 67.8 Å². The van der Waals surface area contributed by atoms with Gasteiger partial charge in [-0.15, -0.1) is 0 Å². The fraction of sp³-hybridized carbons (Fsp3) is 0.235. The number of aliphatic carboxylic acids is 1. The van der Waals surface area contributed by atoms with Crippen LogP contribution in [0.4, 0.5) is 4.39 Å². The number of benzene rings is 2. The van der Waals surface area contributed by atoms with Gasteiger partial charge in [0.1, 0.15) is 22.9 Å². The van der Waals surface area contributed by atoms with Crippen molar-refractivity contribution in [2.75, 3.05) is 0 Å². The zero-order chi connectivity index (χ0) is 18.1. The number of hydrogen-bond donors (Lipinski definition) is 2. The van der Waals surface area contributed by atoms with Crippen LogP contribution in [-0.2, 0) is 14.8 Å². The number of halogens is 1. The lowest BCUT2D eigenvalue weighted by Gasteiger charge is -2.37. The highest BCUT2D eigenvalue weighted by Crippen LogP contribution is 2.34.